The first-order valence-corrected chi connectivity index (χ1v) is 8.66. The number of hydrogen-bond acceptors (Lipinski definition) is 3. The van der Waals surface area contributed by atoms with Crippen molar-refractivity contribution < 1.29 is 4.79 Å². The SMILES string of the molecule is C[C@H](SC(=S)N1CCCC1)C(=O)Nc1cccc(Br)c1. The standard InChI is InChI=1S/C14H17BrN2OS2/c1-10(20-14(19)17-7-2-3-8-17)13(18)16-12-6-4-5-11(15)9-12/h4-6,9-10H,2-3,7-8H2,1H3,(H,16,18)/t10-/m0/s1. The third kappa shape index (κ3) is 4.46. The number of nitrogens with one attached hydrogen (secondary N) is 1. The number of thioether (sulfide) groups is 1. The fraction of sp³-hybridized carbons (Fsp3) is 0.429. The van der Waals surface area contributed by atoms with E-state index in [0.29, 0.717) is 0 Å². The molecule has 0 aliphatic carbocycles. The highest BCUT2D eigenvalue weighted by Crippen LogP contribution is 2.22. The molecule has 1 N–H and O–H groups in total. The summed E-state index contributed by atoms with van der Waals surface area (Å²) in [6, 6.07) is 7.58. The number of hydrogen-bond donors (Lipinski definition) is 1. The summed E-state index contributed by atoms with van der Waals surface area (Å²) in [5.41, 5.74) is 0.795. The van der Waals surface area contributed by atoms with Crippen LogP contribution in [-0.2, 0) is 4.79 Å². The molecule has 0 unspecified atom stereocenters. The molecule has 6 heteroatoms. The summed E-state index contributed by atoms with van der Waals surface area (Å²) >= 11 is 10.2. The summed E-state index contributed by atoms with van der Waals surface area (Å²) in [7, 11) is 0. The molecule has 1 fully saturated rings. The molecule has 1 amide bonds. The Balaban J connectivity index is 1.86. The molecule has 108 valence electrons. The molecule has 2 rings (SSSR count). The molecule has 0 saturated carbocycles. The number of halogens is 1. The second kappa shape index (κ2) is 7.43. The van der Waals surface area contributed by atoms with Gasteiger partial charge in [0.25, 0.3) is 0 Å². The van der Waals surface area contributed by atoms with Gasteiger partial charge >= 0.3 is 0 Å². The van der Waals surface area contributed by atoms with Gasteiger partial charge in [0.1, 0.15) is 4.32 Å². The molecule has 1 aromatic rings. The third-order valence-electron chi connectivity index (χ3n) is 3.10. The van der Waals surface area contributed by atoms with E-state index in [1.165, 1.54) is 24.6 Å². The van der Waals surface area contributed by atoms with E-state index in [-0.39, 0.29) is 11.2 Å². The number of thiocarbonyl (C=S) groups is 1. The molecule has 3 nitrogen and oxygen atoms in total. The fourth-order valence-corrected chi connectivity index (χ4v) is 3.80. The molecule has 1 saturated heterocycles. The molecule has 0 spiro atoms. The molecule has 1 aromatic carbocycles. The highest BCUT2D eigenvalue weighted by molar-refractivity contribution is 9.10. The van der Waals surface area contributed by atoms with E-state index < -0.39 is 0 Å². The van der Waals surface area contributed by atoms with E-state index in [9.17, 15) is 4.79 Å². The molecule has 1 heterocycles. The number of anilines is 1. The number of rotatable bonds is 3. The smallest absolute Gasteiger partial charge is 0.237 e. The van der Waals surface area contributed by atoms with Crippen LogP contribution in [0.3, 0.4) is 0 Å². The molecular formula is C14H17BrN2OS2. The summed E-state index contributed by atoms with van der Waals surface area (Å²) in [5, 5.41) is 2.72. The normalized spacial score (nSPS) is 16.0. The number of likely N-dealkylation sites (tertiary alicyclic amines) is 1. The molecule has 0 radical (unpaired) electrons. The average Bonchev–Trinajstić information content (AvgIpc) is 2.92. The molecule has 0 bridgehead atoms. The first-order valence-electron chi connectivity index (χ1n) is 6.58. The lowest BCUT2D eigenvalue weighted by atomic mass is 10.3. The van der Waals surface area contributed by atoms with Gasteiger partial charge in [0.05, 0.1) is 5.25 Å². The van der Waals surface area contributed by atoms with Gasteiger partial charge in [-0.25, -0.2) is 0 Å². The Morgan fingerprint density at radius 1 is 1.45 bits per heavy atom. The van der Waals surface area contributed by atoms with Crippen molar-refractivity contribution in [2.45, 2.75) is 25.0 Å². The number of carbonyl (C=O) groups excluding carboxylic acids is 1. The summed E-state index contributed by atoms with van der Waals surface area (Å²) in [6.45, 7) is 3.93. The van der Waals surface area contributed by atoms with Gasteiger partial charge in [-0.2, -0.15) is 0 Å². The van der Waals surface area contributed by atoms with Crippen LogP contribution in [0, 0.1) is 0 Å². The second-order valence-corrected chi connectivity index (χ2v) is 7.61. The Hall–Kier alpha value is -0.590. The van der Waals surface area contributed by atoms with Crippen molar-refractivity contribution in [3.8, 4) is 0 Å². The van der Waals surface area contributed by atoms with Gasteiger partial charge in [-0.15, -0.1) is 0 Å². The quantitative estimate of drug-likeness (QED) is 0.815. The van der Waals surface area contributed by atoms with Crippen molar-refractivity contribution in [2.75, 3.05) is 18.4 Å². The minimum atomic E-state index is -0.193. The molecule has 1 aliphatic rings. The number of benzene rings is 1. The van der Waals surface area contributed by atoms with Gasteiger partial charge in [-0.1, -0.05) is 46.0 Å². The van der Waals surface area contributed by atoms with Crippen LogP contribution in [0.4, 0.5) is 5.69 Å². The van der Waals surface area contributed by atoms with Crippen LogP contribution in [0.1, 0.15) is 19.8 Å². The Morgan fingerprint density at radius 2 is 2.15 bits per heavy atom. The van der Waals surface area contributed by atoms with E-state index in [4.69, 9.17) is 12.2 Å². The summed E-state index contributed by atoms with van der Waals surface area (Å²) < 4.78 is 1.78. The van der Waals surface area contributed by atoms with Gasteiger partial charge in [-0.05, 0) is 38.0 Å². The van der Waals surface area contributed by atoms with Gasteiger partial charge in [0.2, 0.25) is 5.91 Å². The van der Waals surface area contributed by atoms with Crippen LogP contribution in [-0.4, -0.2) is 33.5 Å². The maximum absolute atomic E-state index is 12.1. The van der Waals surface area contributed by atoms with Crippen molar-refractivity contribution in [3.05, 3.63) is 28.7 Å². The van der Waals surface area contributed by atoms with Crippen LogP contribution in [0.5, 0.6) is 0 Å². The van der Waals surface area contributed by atoms with Gasteiger partial charge in [-0.3, -0.25) is 4.79 Å². The lowest BCUT2D eigenvalue weighted by Crippen LogP contribution is -2.29. The van der Waals surface area contributed by atoms with Crippen molar-refractivity contribution in [3.63, 3.8) is 0 Å². The first kappa shape index (κ1) is 15.8. The maximum atomic E-state index is 12.1. The van der Waals surface area contributed by atoms with E-state index in [1.54, 1.807) is 0 Å². The Morgan fingerprint density at radius 3 is 2.80 bits per heavy atom. The van der Waals surface area contributed by atoms with Crippen molar-refractivity contribution in [2.24, 2.45) is 0 Å². The molecule has 1 atom stereocenters. The fourth-order valence-electron chi connectivity index (χ4n) is 1.99. The second-order valence-electron chi connectivity index (χ2n) is 4.72. The minimum absolute atomic E-state index is 0.0188. The van der Waals surface area contributed by atoms with Crippen molar-refractivity contribution in [1.29, 1.82) is 0 Å². The highest BCUT2D eigenvalue weighted by Gasteiger charge is 2.21. The number of amides is 1. The highest BCUT2D eigenvalue weighted by atomic mass is 79.9. The zero-order chi connectivity index (χ0) is 14.5. The summed E-state index contributed by atoms with van der Waals surface area (Å²) in [6.07, 6.45) is 2.39. The predicted octanol–water partition coefficient (Wildman–Crippen LogP) is 3.89. The monoisotopic (exact) mass is 372 g/mol. The summed E-state index contributed by atoms with van der Waals surface area (Å²) in [4.78, 5) is 14.3. The largest absolute Gasteiger partial charge is 0.358 e. The van der Waals surface area contributed by atoms with Crippen LogP contribution in [0.25, 0.3) is 0 Å². The lowest BCUT2D eigenvalue weighted by molar-refractivity contribution is -0.115. The minimum Gasteiger partial charge on any atom is -0.358 e. The van der Waals surface area contributed by atoms with E-state index in [2.05, 4.69) is 26.1 Å². The number of nitrogens with zero attached hydrogens (tertiary/aromatic N) is 1. The van der Waals surface area contributed by atoms with Gasteiger partial charge < -0.3 is 10.2 Å². The Labute approximate surface area is 137 Å². The Bertz CT molecular complexity index is 504. The van der Waals surface area contributed by atoms with Gasteiger partial charge in [0.15, 0.2) is 0 Å². The van der Waals surface area contributed by atoms with E-state index in [0.717, 1.165) is 27.6 Å². The third-order valence-corrected chi connectivity index (χ3v) is 5.17. The number of carbonyl (C=O) groups is 1. The molecule has 0 aromatic heterocycles. The van der Waals surface area contributed by atoms with E-state index in [1.807, 2.05) is 31.2 Å². The lowest BCUT2D eigenvalue weighted by Gasteiger charge is -2.20. The van der Waals surface area contributed by atoms with Crippen LogP contribution in [0.15, 0.2) is 28.7 Å². The van der Waals surface area contributed by atoms with Crippen LogP contribution in [0.2, 0.25) is 0 Å². The van der Waals surface area contributed by atoms with Crippen LogP contribution < -0.4 is 5.32 Å². The topological polar surface area (TPSA) is 32.3 Å². The van der Waals surface area contributed by atoms with Crippen LogP contribution >= 0.6 is 39.9 Å². The Kier molecular flexibility index (Phi) is 5.86. The molecule has 1 aliphatic heterocycles. The average molecular weight is 373 g/mol. The van der Waals surface area contributed by atoms with Crippen molar-refractivity contribution >= 4 is 55.8 Å². The maximum Gasteiger partial charge on any atom is 0.237 e. The molecule has 20 heavy (non-hydrogen) atoms. The van der Waals surface area contributed by atoms with Crippen molar-refractivity contribution in [1.82, 2.24) is 4.90 Å². The predicted molar refractivity (Wildman–Crippen MR) is 93.2 cm³/mol. The summed E-state index contributed by atoms with van der Waals surface area (Å²) in [5.74, 6) is -0.0188. The zero-order valence-electron chi connectivity index (χ0n) is 11.3. The van der Waals surface area contributed by atoms with Gasteiger partial charge in [0, 0.05) is 23.2 Å². The molecular weight excluding hydrogens is 356 g/mol. The van der Waals surface area contributed by atoms with E-state index >= 15 is 0 Å². The zero-order valence-corrected chi connectivity index (χ0v) is 14.5. The first-order chi connectivity index (χ1) is 9.56.